The summed E-state index contributed by atoms with van der Waals surface area (Å²) in [5.74, 6) is 1.06. The van der Waals surface area contributed by atoms with Gasteiger partial charge in [0.2, 0.25) is 5.88 Å². The summed E-state index contributed by atoms with van der Waals surface area (Å²) in [6.07, 6.45) is 0.934. The third-order valence-corrected chi connectivity index (χ3v) is 3.05. The smallest absolute Gasteiger partial charge is 0.217 e. The van der Waals surface area contributed by atoms with Crippen LogP contribution in [0.15, 0.2) is 48.7 Å². The first-order valence-corrected chi connectivity index (χ1v) is 7.53. The zero-order chi connectivity index (χ0) is 16.3. The first-order valence-electron chi connectivity index (χ1n) is 7.53. The molecule has 2 aromatic rings. The summed E-state index contributed by atoms with van der Waals surface area (Å²) in [5, 5.41) is 21.3. The van der Waals surface area contributed by atoms with Crippen LogP contribution in [0.25, 0.3) is 0 Å². The van der Waals surface area contributed by atoms with E-state index in [4.69, 9.17) is 14.6 Å². The molecule has 2 rings (SSSR count). The molecule has 0 saturated heterocycles. The fourth-order valence-electron chi connectivity index (χ4n) is 1.89. The Bertz CT molecular complexity index is 566. The Morgan fingerprint density at radius 1 is 1.13 bits per heavy atom. The van der Waals surface area contributed by atoms with Gasteiger partial charge in [-0.3, -0.25) is 0 Å². The van der Waals surface area contributed by atoms with E-state index < -0.39 is 6.10 Å². The summed E-state index contributed by atoms with van der Waals surface area (Å²) in [6, 6.07) is 13.3. The van der Waals surface area contributed by atoms with Crippen molar-refractivity contribution in [2.24, 2.45) is 0 Å². The maximum atomic E-state index is 9.73. The van der Waals surface area contributed by atoms with E-state index in [-0.39, 0.29) is 13.2 Å². The first kappa shape index (κ1) is 17.2. The minimum absolute atomic E-state index is 0.0376. The van der Waals surface area contributed by atoms with E-state index in [1.54, 1.807) is 18.3 Å². The quantitative estimate of drug-likeness (QED) is 0.567. The monoisotopic (exact) mass is 318 g/mol. The van der Waals surface area contributed by atoms with Crippen LogP contribution in [0, 0.1) is 0 Å². The van der Waals surface area contributed by atoms with Crippen molar-refractivity contribution in [2.45, 2.75) is 12.7 Å². The van der Waals surface area contributed by atoms with Crippen molar-refractivity contribution in [3.05, 3.63) is 54.2 Å². The normalized spacial score (nSPS) is 11.9. The highest BCUT2D eigenvalue weighted by Gasteiger charge is 2.06. The maximum absolute atomic E-state index is 9.73. The minimum Gasteiger partial charge on any atom is -0.489 e. The summed E-state index contributed by atoms with van der Waals surface area (Å²) in [7, 11) is 0. The van der Waals surface area contributed by atoms with Crippen LogP contribution in [0.2, 0.25) is 0 Å². The molecule has 3 N–H and O–H groups in total. The topological polar surface area (TPSA) is 83.8 Å². The Labute approximate surface area is 135 Å². The van der Waals surface area contributed by atoms with Gasteiger partial charge < -0.3 is 25.0 Å². The Balaban J connectivity index is 1.78. The number of aliphatic hydroxyl groups excluding tert-OH is 2. The molecule has 6 nitrogen and oxygen atoms in total. The molecule has 0 spiro atoms. The second-order valence-corrected chi connectivity index (χ2v) is 5.00. The molecule has 0 saturated carbocycles. The van der Waals surface area contributed by atoms with Gasteiger partial charge in [0.1, 0.15) is 25.1 Å². The van der Waals surface area contributed by atoms with Crippen molar-refractivity contribution in [2.75, 3.05) is 26.3 Å². The molecule has 0 aliphatic heterocycles. The summed E-state index contributed by atoms with van der Waals surface area (Å²) < 4.78 is 11.1. The van der Waals surface area contributed by atoms with Gasteiger partial charge in [-0.25, -0.2) is 4.98 Å². The van der Waals surface area contributed by atoms with Gasteiger partial charge in [-0.15, -0.1) is 0 Å². The Morgan fingerprint density at radius 3 is 2.74 bits per heavy atom. The molecule has 6 heteroatoms. The number of hydrogen-bond acceptors (Lipinski definition) is 6. The van der Waals surface area contributed by atoms with E-state index in [0.717, 1.165) is 5.56 Å². The lowest BCUT2D eigenvalue weighted by Gasteiger charge is -2.13. The van der Waals surface area contributed by atoms with Gasteiger partial charge in [0, 0.05) is 25.4 Å². The van der Waals surface area contributed by atoms with Crippen LogP contribution in [0.1, 0.15) is 5.56 Å². The predicted octanol–water partition coefficient (Wildman–Crippen LogP) is 0.982. The Kier molecular flexibility index (Phi) is 7.32. The fraction of sp³-hybridized carbons (Fsp3) is 0.353. The van der Waals surface area contributed by atoms with Crippen molar-refractivity contribution in [3.63, 3.8) is 0 Å². The average Bonchev–Trinajstić information content (AvgIpc) is 2.60. The number of pyridine rings is 1. The minimum atomic E-state index is -0.669. The standard InChI is InChI=1S/C17H22N2O4/c20-9-8-18-11-15(21)13-23-17-10-16(6-7-19-17)22-12-14-4-2-1-3-5-14/h1-7,10,15,18,20-21H,8-9,11-13H2/t15-/m1/s1. The van der Waals surface area contributed by atoms with Gasteiger partial charge in [0.25, 0.3) is 0 Å². The molecule has 0 bridgehead atoms. The number of hydrogen-bond donors (Lipinski definition) is 3. The van der Waals surface area contributed by atoms with E-state index in [9.17, 15) is 5.11 Å². The molecule has 1 heterocycles. The largest absolute Gasteiger partial charge is 0.489 e. The highest BCUT2D eigenvalue weighted by atomic mass is 16.5. The Hall–Kier alpha value is -2.15. The molecule has 0 radical (unpaired) electrons. The molecule has 124 valence electrons. The highest BCUT2D eigenvalue weighted by molar-refractivity contribution is 5.26. The van der Waals surface area contributed by atoms with Gasteiger partial charge in [-0.1, -0.05) is 30.3 Å². The van der Waals surface area contributed by atoms with E-state index in [1.165, 1.54) is 0 Å². The number of aromatic nitrogens is 1. The maximum Gasteiger partial charge on any atom is 0.217 e. The molecule has 1 aromatic heterocycles. The van der Waals surface area contributed by atoms with Crippen LogP contribution in [0.3, 0.4) is 0 Å². The number of aliphatic hydroxyl groups is 2. The van der Waals surface area contributed by atoms with Crippen LogP contribution in [-0.2, 0) is 6.61 Å². The molecule has 1 aromatic carbocycles. The lowest BCUT2D eigenvalue weighted by atomic mass is 10.2. The molecule has 0 amide bonds. The lowest BCUT2D eigenvalue weighted by Crippen LogP contribution is -2.33. The molecule has 0 unspecified atom stereocenters. The van der Waals surface area contributed by atoms with Gasteiger partial charge in [0.05, 0.1) is 6.61 Å². The van der Waals surface area contributed by atoms with Gasteiger partial charge in [-0.05, 0) is 11.6 Å². The second kappa shape index (κ2) is 9.78. The van der Waals surface area contributed by atoms with Crippen molar-refractivity contribution in [1.29, 1.82) is 0 Å². The van der Waals surface area contributed by atoms with E-state index >= 15 is 0 Å². The zero-order valence-electron chi connectivity index (χ0n) is 12.9. The van der Waals surface area contributed by atoms with Crippen molar-refractivity contribution in [1.82, 2.24) is 10.3 Å². The van der Waals surface area contributed by atoms with Crippen molar-refractivity contribution >= 4 is 0 Å². The van der Waals surface area contributed by atoms with Crippen molar-refractivity contribution < 1.29 is 19.7 Å². The number of nitrogens with zero attached hydrogens (tertiary/aromatic N) is 1. The molecular formula is C17H22N2O4. The number of ether oxygens (including phenoxy) is 2. The summed E-state index contributed by atoms with van der Waals surface area (Å²) in [6.45, 7) is 1.42. The van der Waals surface area contributed by atoms with Crippen LogP contribution in [-0.4, -0.2) is 47.6 Å². The first-order chi connectivity index (χ1) is 11.3. The third kappa shape index (κ3) is 6.65. The summed E-state index contributed by atoms with van der Waals surface area (Å²) >= 11 is 0. The number of rotatable bonds is 10. The second-order valence-electron chi connectivity index (χ2n) is 5.00. The molecule has 1 atom stereocenters. The number of nitrogens with one attached hydrogen (secondary N) is 1. The van der Waals surface area contributed by atoms with Crippen LogP contribution in [0.5, 0.6) is 11.6 Å². The predicted molar refractivity (Wildman–Crippen MR) is 86.5 cm³/mol. The molecular weight excluding hydrogens is 296 g/mol. The summed E-state index contributed by atoms with van der Waals surface area (Å²) in [4.78, 5) is 4.09. The molecule has 23 heavy (non-hydrogen) atoms. The fourth-order valence-corrected chi connectivity index (χ4v) is 1.89. The van der Waals surface area contributed by atoms with Gasteiger partial charge >= 0.3 is 0 Å². The lowest BCUT2D eigenvalue weighted by molar-refractivity contribution is 0.102. The van der Waals surface area contributed by atoms with Gasteiger partial charge in [0.15, 0.2) is 0 Å². The van der Waals surface area contributed by atoms with Gasteiger partial charge in [-0.2, -0.15) is 0 Å². The van der Waals surface area contributed by atoms with Crippen LogP contribution < -0.4 is 14.8 Å². The number of benzene rings is 1. The van der Waals surface area contributed by atoms with E-state index in [1.807, 2.05) is 30.3 Å². The molecule has 0 aliphatic carbocycles. The highest BCUT2D eigenvalue weighted by Crippen LogP contribution is 2.17. The zero-order valence-corrected chi connectivity index (χ0v) is 12.9. The average molecular weight is 318 g/mol. The SMILES string of the molecule is OCCNC[C@@H](O)COc1cc(OCc2ccccc2)ccn1. The summed E-state index contributed by atoms with van der Waals surface area (Å²) in [5.41, 5.74) is 1.08. The van der Waals surface area contributed by atoms with Crippen molar-refractivity contribution in [3.8, 4) is 11.6 Å². The third-order valence-electron chi connectivity index (χ3n) is 3.05. The Morgan fingerprint density at radius 2 is 1.96 bits per heavy atom. The van der Waals surface area contributed by atoms with Crippen LogP contribution in [0.4, 0.5) is 0 Å². The van der Waals surface area contributed by atoms with E-state index in [0.29, 0.717) is 31.3 Å². The van der Waals surface area contributed by atoms with Crippen LogP contribution >= 0.6 is 0 Å². The molecule has 0 aliphatic rings. The molecule has 0 fully saturated rings. The van der Waals surface area contributed by atoms with E-state index in [2.05, 4.69) is 10.3 Å².